The summed E-state index contributed by atoms with van der Waals surface area (Å²) in [6, 6.07) is 4.79. The van der Waals surface area contributed by atoms with Gasteiger partial charge in [-0.15, -0.1) is 0 Å². The molecule has 1 atom stereocenters. The van der Waals surface area contributed by atoms with Gasteiger partial charge in [-0.2, -0.15) is 0 Å². The van der Waals surface area contributed by atoms with Gasteiger partial charge in [0.05, 0.1) is 6.20 Å². The third-order valence-electron chi connectivity index (χ3n) is 4.55. The minimum atomic E-state index is -0.516. The summed E-state index contributed by atoms with van der Waals surface area (Å²) in [4.78, 5) is 27.0. The number of carbonyl (C=O) groups excluding carboxylic acids is 1. The average Bonchev–Trinajstić information content (AvgIpc) is 3.27. The van der Waals surface area contributed by atoms with Crippen LogP contribution in [0.4, 0.5) is 15.0 Å². The zero-order chi connectivity index (χ0) is 20.6. The number of rotatable bonds is 3. The highest BCUT2D eigenvalue weighted by molar-refractivity contribution is 5.68. The first-order chi connectivity index (χ1) is 13.8. The van der Waals surface area contributed by atoms with Crippen molar-refractivity contribution < 1.29 is 13.9 Å². The molecule has 3 aromatic rings. The van der Waals surface area contributed by atoms with Crippen LogP contribution in [0.25, 0.3) is 17.2 Å². The number of pyridine rings is 1. The minimum Gasteiger partial charge on any atom is -0.444 e. The Hall–Kier alpha value is -3.23. The first-order valence-electron chi connectivity index (χ1n) is 9.49. The monoisotopic (exact) mass is 398 g/mol. The molecule has 1 aliphatic heterocycles. The number of nitrogens with zero attached hydrogens (tertiary/aromatic N) is 5. The van der Waals surface area contributed by atoms with Crippen LogP contribution in [0.3, 0.4) is 0 Å². The summed E-state index contributed by atoms with van der Waals surface area (Å²) in [6.07, 6.45) is 5.10. The summed E-state index contributed by atoms with van der Waals surface area (Å²) < 4.78 is 20.7. The Morgan fingerprint density at radius 1 is 1.28 bits per heavy atom. The van der Waals surface area contributed by atoms with Crippen LogP contribution >= 0.6 is 0 Å². The molecule has 4 rings (SSSR count). The van der Waals surface area contributed by atoms with E-state index in [0.29, 0.717) is 36.1 Å². The predicted octanol–water partition coefficient (Wildman–Crippen LogP) is 3.35. The second-order valence-electron chi connectivity index (χ2n) is 8.04. The molecule has 0 aliphatic carbocycles. The van der Waals surface area contributed by atoms with Crippen LogP contribution < -0.4 is 5.32 Å². The Labute approximate surface area is 167 Å². The maximum atomic E-state index is 13.6. The second-order valence-corrected chi connectivity index (χ2v) is 8.04. The molecule has 1 fully saturated rings. The fraction of sp³-hybridized carbons (Fsp3) is 0.400. The Bertz CT molecular complexity index is 1040. The number of aromatic nitrogens is 4. The summed E-state index contributed by atoms with van der Waals surface area (Å²) >= 11 is 0. The van der Waals surface area contributed by atoms with Crippen LogP contribution in [-0.2, 0) is 4.74 Å². The predicted molar refractivity (Wildman–Crippen MR) is 106 cm³/mol. The van der Waals surface area contributed by atoms with Gasteiger partial charge in [-0.05, 0) is 45.4 Å². The Morgan fingerprint density at radius 2 is 2.10 bits per heavy atom. The van der Waals surface area contributed by atoms with Gasteiger partial charge in [0.25, 0.3) is 0 Å². The Morgan fingerprint density at radius 3 is 2.90 bits per heavy atom. The Balaban J connectivity index is 1.47. The van der Waals surface area contributed by atoms with Crippen molar-refractivity contribution in [3.63, 3.8) is 0 Å². The highest BCUT2D eigenvalue weighted by Crippen LogP contribution is 2.21. The first-order valence-corrected chi connectivity index (χ1v) is 9.49. The van der Waals surface area contributed by atoms with Crippen molar-refractivity contribution in [3.8, 4) is 11.5 Å². The van der Waals surface area contributed by atoms with E-state index in [1.807, 2.05) is 20.8 Å². The lowest BCUT2D eigenvalue weighted by Gasteiger charge is -2.24. The van der Waals surface area contributed by atoms with Crippen molar-refractivity contribution in [2.45, 2.75) is 38.8 Å². The zero-order valence-electron chi connectivity index (χ0n) is 16.6. The van der Waals surface area contributed by atoms with E-state index in [1.54, 1.807) is 33.8 Å². The van der Waals surface area contributed by atoms with Crippen molar-refractivity contribution >= 4 is 17.6 Å². The zero-order valence-corrected chi connectivity index (χ0v) is 16.6. The van der Waals surface area contributed by atoms with Gasteiger partial charge in [-0.1, -0.05) is 0 Å². The highest BCUT2D eigenvalue weighted by atomic mass is 19.1. The van der Waals surface area contributed by atoms with Gasteiger partial charge in [0.15, 0.2) is 5.82 Å². The largest absolute Gasteiger partial charge is 0.444 e. The van der Waals surface area contributed by atoms with Crippen LogP contribution in [0.15, 0.2) is 36.8 Å². The molecular weight excluding hydrogens is 375 g/mol. The molecule has 8 nitrogen and oxygen atoms in total. The molecule has 9 heteroatoms. The molecule has 0 radical (unpaired) electrons. The van der Waals surface area contributed by atoms with E-state index < -0.39 is 5.60 Å². The molecule has 1 aliphatic rings. The lowest BCUT2D eigenvalue weighted by Crippen LogP contribution is -2.36. The number of fused-ring (bicyclic) bond motifs is 1. The van der Waals surface area contributed by atoms with E-state index in [9.17, 15) is 9.18 Å². The first kappa shape index (κ1) is 19.1. The Kier molecular flexibility index (Phi) is 4.81. The van der Waals surface area contributed by atoms with Crippen LogP contribution in [-0.4, -0.2) is 55.1 Å². The third-order valence-corrected chi connectivity index (χ3v) is 4.55. The van der Waals surface area contributed by atoms with Crippen LogP contribution in [0, 0.1) is 5.82 Å². The molecule has 3 aromatic heterocycles. The van der Waals surface area contributed by atoms with Crippen molar-refractivity contribution in [2.75, 3.05) is 18.4 Å². The maximum absolute atomic E-state index is 13.6. The van der Waals surface area contributed by atoms with E-state index in [2.05, 4.69) is 20.3 Å². The molecule has 0 spiro atoms. The summed E-state index contributed by atoms with van der Waals surface area (Å²) in [5.74, 6) is 0.715. The lowest BCUT2D eigenvalue weighted by atomic mass is 10.2. The summed E-state index contributed by atoms with van der Waals surface area (Å²) in [5, 5.41) is 3.35. The molecule has 1 N–H and O–H groups in total. The van der Waals surface area contributed by atoms with Crippen molar-refractivity contribution in [1.82, 2.24) is 24.3 Å². The lowest BCUT2D eigenvalue weighted by molar-refractivity contribution is 0.0293. The van der Waals surface area contributed by atoms with Gasteiger partial charge in [-0.3, -0.25) is 4.40 Å². The number of ether oxygens (including phenoxy) is 1. The molecular formula is C20H23FN6O2. The van der Waals surface area contributed by atoms with E-state index in [-0.39, 0.29) is 18.0 Å². The molecule has 0 bridgehead atoms. The molecule has 0 aromatic carbocycles. The number of anilines is 1. The number of halogens is 1. The van der Waals surface area contributed by atoms with Crippen LogP contribution in [0.1, 0.15) is 27.2 Å². The van der Waals surface area contributed by atoms with Crippen LogP contribution in [0.5, 0.6) is 0 Å². The molecule has 152 valence electrons. The van der Waals surface area contributed by atoms with E-state index in [0.717, 1.165) is 6.42 Å². The van der Waals surface area contributed by atoms with E-state index >= 15 is 0 Å². The normalized spacial score (nSPS) is 17.0. The summed E-state index contributed by atoms with van der Waals surface area (Å²) in [7, 11) is 0. The quantitative estimate of drug-likeness (QED) is 0.728. The number of likely N-dealkylation sites (tertiary alicyclic amines) is 1. The average molecular weight is 398 g/mol. The topological polar surface area (TPSA) is 84.6 Å². The van der Waals surface area contributed by atoms with Gasteiger partial charge in [0.2, 0.25) is 0 Å². The number of hydrogen-bond acceptors (Lipinski definition) is 6. The maximum Gasteiger partial charge on any atom is 0.410 e. The van der Waals surface area contributed by atoms with Crippen molar-refractivity contribution in [2.24, 2.45) is 0 Å². The molecule has 0 saturated carbocycles. The molecule has 29 heavy (non-hydrogen) atoms. The van der Waals surface area contributed by atoms with E-state index in [4.69, 9.17) is 4.74 Å². The van der Waals surface area contributed by atoms with Crippen molar-refractivity contribution in [3.05, 3.63) is 42.6 Å². The van der Waals surface area contributed by atoms with Gasteiger partial charge < -0.3 is 15.0 Å². The highest BCUT2D eigenvalue weighted by Gasteiger charge is 2.30. The van der Waals surface area contributed by atoms with Crippen molar-refractivity contribution in [1.29, 1.82) is 0 Å². The van der Waals surface area contributed by atoms with Gasteiger partial charge in [0.1, 0.15) is 28.6 Å². The van der Waals surface area contributed by atoms with Gasteiger partial charge >= 0.3 is 6.09 Å². The molecule has 1 saturated heterocycles. The number of carbonyl (C=O) groups is 1. The van der Waals surface area contributed by atoms with Crippen LogP contribution in [0.2, 0.25) is 0 Å². The SMILES string of the molecule is CC(C)(C)OC(=O)N1CCC(Nc2ccnc(-c3cnc4ccc(F)cn34)n2)C1. The summed E-state index contributed by atoms with van der Waals surface area (Å²) in [6.45, 7) is 6.72. The minimum absolute atomic E-state index is 0.0601. The number of hydrogen-bond donors (Lipinski definition) is 1. The molecule has 1 unspecified atom stereocenters. The molecule has 4 heterocycles. The van der Waals surface area contributed by atoms with Gasteiger partial charge in [-0.25, -0.2) is 24.1 Å². The number of nitrogens with one attached hydrogen (secondary N) is 1. The molecule has 1 amide bonds. The smallest absolute Gasteiger partial charge is 0.410 e. The van der Waals surface area contributed by atoms with E-state index in [1.165, 1.54) is 12.3 Å². The number of imidazole rings is 1. The fourth-order valence-corrected chi connectivity index (χ4v) is 3.26. The number of amides is 1. The second kappa shape index (κ2) is 7.31. The third kappa shape index (κ3) is 4.28. The fourth-order valence-electron chi connectivity index (χ4n) is 3.26. The summed E-state index contributed by atoms with van der Waals surface area (Å²) in [5.41, 5.74) is 0.703. The van der Waals surface area contributed by atoms with Gasteiger partial charge in [0, 0.05) is 31.5 Å². The standard InChI is InChI=1S/C20H23FN6O2/c1-20(2,3)29-19(28)26-9-7-14(12-26)24-16-6-8-22-18(25-16)15-10-23-17-5-4-13(21)11-27(15)17/h4-6,8,10-11,14H,7,9,12H2,1-3H3,(H,22,24,25).